The Hall–Kier alpha value is -2.77. The van der Waals surface area contributed by atoms with Crippen LogP contribution in [0.25, 0.3) is 0 Å². The summed E-state index contributed by atoms with van der Waals surface area (Å²) in [6.45, 7) is 1.62. The Morgan fingerprint density at radius 1 is 0.463 bits per heavy atom. The second kappa shape index (κ2) is 43.8. The Morgan fingerprint density at radius 2 is 0.863 bits per heavy atom. The molecule has 0 aromatic rings. The molecule has 462 valence electrons. The molecule has 19 heteroatoms. The topological polar surface area (TPSA) is 307 Å². The molecule has 0 spiro atoms. The van der Waals surface area contributed by atoms with Crippen LogP contribution in [0.2, 0.25) is 0 Å². The number of nitrogens with one attached hydrogen (secondary N) is 1. The van der Waals surface area contributed by atoms with Gasteiger partial charge in [0.05, 0.1) is 38.6 Å². The lowest BCUT2D eigenvalue weighted by atomic mass is 9.96. The number of carbonyl (C=O) groups is 1. The summed E-state index contributed by atoms with van der Waals surface area (Å²) < 4.78 is 34.3. The minimum absolute atomic E-state index is 0.232. The van der Waals surface area contributed by atoms with E-state index in [-0.39, 0.29) is 18.9 Å². The van der Waals surface area contributed by atoms with Gasteiger partial charge in [-0.15, -0.1) is 0 Å². The van der Waals surface area contributed by atoms with E-state index in [1.165, 1.54) is 51.4 Å². The molecule has 12 N–H and O–H groups in total. The zero-order valence-electron chi connectivity index (χ0n) is 48.0. The van der Waals surface area contributed by atoms with Gasteiger partial charge in [-0.05, 0) is 64.2 Å². The molecule has 19 nitrogen and oxygen atoms in total. The highest BCUT2D eigenvalue weighted by molar-refractivity contribution is 5.76. The number of hydrogen-bond acceptors (Lipinski definition) is 18. The van der Waals surface area contributed by atoms with Gasteiger partial charge in [0.2, 0.25) is 5.91 Å². The van der Waals surface area contributed by atoms with Crippen molar-refractivity contribution in [3.8, 4) is 0 Å². The van der Waals surface area contributed by atoms with Gasteiger partial charge in [-0.3, -0.25) is 4.79 Å². The van der Waals surface area contributed by atoms with E-state index in [4.69, 9.17) is 28.4 Å². The number of unbranched alkanes of at least 4 members (excludes halogenated alkanes) is 15. The van der Waals surface area contributed by atoms with Crippen LogP contribution < -0.4 is 5.32 Å². The van der Waals surface area contributed by atoms with Crippen LogP contribution in [-0.2, 0) is 33.2 Å². The average molecular weight is 1140 g/mol. The second-order valence-electron chi connectivity index (χ2n) is 21.4. The fourth-order valence-electron chi connectivity index (χ4n) is 9.84. The van der Waals surface area contributed by atoms with Crippen LogP contribution in [0.1, 0.15) is 174 Å². The summed E-state index contributed by atoms with van der Waals surface area (Å²) in [6.07, 6.45) is 24.1. The van der Waals surface area contributed by atoms with Gasteiger partial charge in [-0.1, -0.05) is 177 Å². The fraction of sp³-hybridized carbons (Fsp3) is 0.787. The van der Waals surface area contributed by atoms with Gasteiger partial charge in [-0.25, -0.2) is 0 Å². The predicted octanol–water partition coefficient (Wildman–Crippen LogP) is 5.43. The molecule has 3 heterocycles. The Morgan fingerprint density at radius 3 is 1.35 bits per heavy atom. The molecule has 3 fully saturated rings. The van der Waals surface area contributed by atoms with E-state index in [9.17, 15) is 61.0 Å². The molecule has 3 saturated heterocycles. The number of allylic oxidation sites excluding steroid dienone is 12. The molecule has 0 radical (unpaired) electrons. The average Bonchev–Trinajstić information content (AvgIpc) is 3.45. The molecule has 3 aliphatic rings. The second-order valence-corrected chi connectivity index (χ2v) is 21.4. The minimum atomic E-state index is -1.98. The van der Waals surface area contributed by atoms with E-state index in [2.05, 4.69) is 92.1 Å². The Bertz CT molecular complexity index is 1740. The first-order valence-corrected chi connectivity index (χ1v) is 30.2. The van der Waals surface area contributed by atoms with Crippen LogP contribution in [0.15, 0.2) is 72.9 Å². The Kier molecular flexibility index (Phi) is 39.2. The number of aliphatic hydroxyl groups excluding tert-OH is 11. The standard InChI is InChI=1S/C61H105NO18/c1-3-5-7-9-11-13-15-17-18-19-20-21-22-23-24-25-26-27-29-31-33-35-37-39-49(67)62-44(45(66)38-36-34-32-30-28-16-14-12-10-8-6-4-2)43-75-59-55(73)52(70)57(47(41-64)77-59)80-61-56(74)53(71)58(48(42-65)78-61)79-60-54(72)51(69)50(68)46(40-63)76-60/h5,7,11,13,17-18,20-21,23-24,26-27,44-48,50-61,63-66,68-74H,3-4,6,8-10,12,14-16,19,22,25,28-43H2,1-2H3,(H,62,67)/b7-5-,13-11-,18-17-,21-20-,24-23-,27-26-. The molecule has 0 aromatic carbocycles. The van der Waals surface area contributed by atoms with Crippen LogP contribution in [0.3, 0.4) is 0 Å². The van der Waals surface area contributed by atoms with Crippen molar-refractivity contribution in [1.82, 2.24) is 5.32 Å². The molecular formula is C61H105NO18. The SMILES string of the molecule is CC/C=C\C/C=C\C/C=C\C/C=C\C/C=C\C/C=C\CCCCCCC(=O)NC(COC1OC(CO)C(OC2OC(CO)C(OC3OC(CO)C(O)C(O)C3O)C(O)C2O)C(O)C1O)C(O)CCCCCCCCCCCCCC. The minimum Gasteiger partial charge on any atom is -0.394 e. The third-order valence-corrected chi connectivity index (χ3v) is 14.8. The van der Waals surface area contributed by atoms with Crippen molar-refractivity contribution in [1.29, 1.82) is 0 Å². The highest BCUT2D eigenvalue weighted by Gasteiger charge is 2.53. The molecule has 17 atom stereocenters. The van der Waals surface area contributed by atoms with E-state index in [1.807, 2.05) is 0 Å². The zero-order chi connectivity index (χ0) is 58.3. The predicted molar refractivity (Wildman–Crippen MR) is 305 cm³/mol. The van der Waals surface area contributed by atoms with Crippen molar-refractivity contribution in [2.45, 2.75) is 279 Å². The third kappa shape index (κ3) is 27.3. The molecule has 0 saturated carbocycles. The van der Waals surface area contributed by atoms with Crippen molar-refractivity contribution in [2.24, 2.45) is 0 Å². The summed E-state index contributed by atoms with van der Waals surface area (Å²) in [6, 6.07) is -0.904. The maximum Gasteiger partial charge on any atom is 0.220 e. The summed E-state index contributed by atoms with van der Waals surface area (Å²) in [5.41, 5.74) is 0. The molecule has 0 aromatic heterocycles. The number of rotatable bonds is 43. The van der Waals surface area contributed by atoms with Crippen LogP contribution >= 0.6 is 0 Å². The van der Waals surface area contributed by atoms with Gasteiger partial charge in [0.15, 0.2) is 18.9 Å². The van der Waals surface area contributed by atoms with Crippen molar-refractivity contribution in [2.75, 3.05) is 26.4 Å². The third-order valence-electron chi connectivity index (χ3n) is 14.8. The van der Waals surface area contributed by atoms with Gasteiger partial charge in [0.1, 0.15) is 73.2 Å². The number of carbonyl (C=O) groups excluding carboxylic acids is 1. The van der Waals surface area contributed by atoms with E-state index in [0.29, 0.717) is 12.8 Å². The van der Waals surface area contributed by atoms with Gasteiger partial charge < -0.3 is 89.9 Å². The lowest BCUT2D eigenvalue weighted by Crippen LogP contribution is -2.66. The molecule has 0 aliphatic carbocycles. The number of ether oxygens (including phenoxy) is 6. The van der Waals surface area contributed by atoms with Crippen molar-refractivity contribution >= 4 is 5.91 Å². The maximum atomic E-state index is 13.3. The van der Waals surface area contributed by atoms with Gasteiger partial charge in [0, 0.05) is 6.42 Å². The number of aliphatic hydroxyl groups is 11. The van der Waals surface area contributed by atoms with E-state index in [1.54, 1.807) is 0 Å². The van der Waals surface area contributed by atoms with Gasteiger partial charge >= 0.3 is 0 Å². The Balaban J connectivity index is 1.48. The van der Waals surface area contributed by atoms with Gasteiger partial charge in [0.25, 0.3) is 0 Å². The lowest BCUT2D eigenvalue weighted by Gasteiger charge is -2.48. The Labute approximate surface area is 477 Å². The highest BCUT2D eigenvalue weighted by atomic mass is 16.8. The molecule has 80 heavy (non-hydrogen) atoms. The largest absolute Gasteiger partial charge is 0.394 e. The normalized spacial score (nSPS) is 30.5. The molecule has 0 bridgehead atoms. The number of amides is 1. The van der Waals surface area contributed by atoms with Crippen molar-refractivity contribution in [3.63, 3.8) is 0 Å². The van der Waals surface area contributed by atoms with Crippen LogP contribution in [0.4, 0.5) is 0 Å². The smallest absolute Gasteiger partial charge is 0.220 e. The molecule has 3 aliphatic heterocycles. The molecular weight excluding hydrogens is 1030 g/mol. The molecule has 3 rings (SSSR count). The van der Waals surface area contributed by atoms with E-state index in [0.717, 1.165) is 89.9 Å². The highest BCUT2D eigenvalue weighted by Crippen LogP contribution is 2.33. The summed E-state index contributed by atoms with van der Waals surface area (Å²) in [5.74, 6) is -0.272. The van der Waals surface area contributed by atoms with E-state index >= 15 is 0 Å². The first-order valence-electron chi connectivity index (χ1n) is 30.2. The first-order chi connectivity index (χ1) is 38.8. The summed E-state index contributed by atoms with van der Waals surface area (Å²) in [7, 11) is 0. The van der Waals surface area contributed by atoms with E-state index < -0.39 is 124 Å². The number of hydrogen-bond donors (Lipinski definition) is 12. The summed E-state index contributed by atoms with van der Waals surface area (Å²) >= 11 is 0. The quantitative estimate of drug-likeness (QED) is 0.0268. The maximum absolute atomic E-state index is 13.3. The van der Waals surface area contributed by atoms with Crippen LogP contribution in [0, 0.1) is 0 Å². The molecule has 17 unspecified atom stereocenters. The van der Waals surface area contributed by atoms with Gasteiger partial charge in [-0.2, -0.15) is 0 Å². The first kappa shape index (κ1) is 71.5. The zero-order valence-corrected chi connectivity index (χ0v) is 48.0. The van der Waals surface area contributed by atoms with Crippen molar-refractivity contribution < 1.29 is 89.4 Å². The lowest BCUT2D eigenvalue weighted by molar-refractivity contribution is -0.379. The van der Waals surface area contributed by atoms with Crippen molar-refractivity contribution in [3.05, 3.63) is 72.9 Å². The van der Waals surface area contributed by atoms with Crippen LogP contribution in [-0.4, -0.2) is 193 Å². The molecule has 1 amide bonds. The fourth-order valence-corrected chi connectivity index (χ4v) is 9.84. The van der Waals surface area contributed by atoms with Crippen LogP contribution in [0.5, 0.6) is 0 Å². The summed E-state index contributed by atoms with van der Waals surface area (Å²) in [5, 5.41) is 120. The summed E-state index contributed by atoms with van der Waals surface area (Å²) in [4.78, 5) is 13.3. The monoisotopic (exact) mass is 1140 g/mol.